The Bertz CT molecular complexity index is 358. The molecule has 5 nitrogen and oxygen atoms in total. The molecule has 1 aliphatic rings. The molecule has 0 bridgehead atoms. The third-order valence-corrected chi connectivity index (χ3v) is 3.82. The second-order valence-corrected chi connectivity index (χ2v) is 5.14. The number of rotatable bonds is 7. The summed E-state index contributed by atoms with van der Waals surface area (Å²) in [5, 5.41) is 4.39. The van der Waals surface area contributed by atoms with Crippen molar-refractivity contribution in [2.45, 2.75) is 19.9 Å². The van der Waals surface area contributed by atoms with Gasteiger partial charge in [0, 0.05) is 52.6 Å². The molecule has 1 aromatic heterocycles. The van der Waals surface area contributed by atoms with Gasteiger partial charge in [0.1, 0.15) is 0 Å². The van der Waals surface area contributed by atoms with Crippen LogP contribution in [0.25, 0.3) is 0 Å². The molecule has 2 heterocycles. The molecule has 0 amide bonds. The maximum absolute atomic E-state index is 5.12. The fourth-order valence-corrected chi connectivity index (χ4v) is 2.41. The highest BCUT2D eigenvalue weighted by Gasteiger charge is 2.16. The van der Waals surface area contributed by atoms with Gasteiger partial charge in [-0.1, -0.05) is 6.92 Å². The lowest BCUT2D eigenvalue weighted by atomic mass is 10.3. The van der Waals surface area contributed by atoms with Gasteiger partial charge in [0.05, 0.1) is 19.3 Å². The highest BCUT2D eigenvalue weighted by molar-refractivity contribution is 5.02. The fourth-order valence-electron chi connectivity index (χ4n) is 2.41. The Hall–Kier alpha value is -0.910. The molecule has 1 saturated heterocycles. The van der Waals surface area contributed by atoms with E-state index >= 15 is 0 Å². The standard InChI is InChI=1S/C14H26N4O/c1-3-14-12-15-18(13-14)9-8-16-4-6-17(7-5-16)10-11-19-2/h12-13H,3-11H2,1-2H3. The molecule has 0 unspecified atom stereocenters. The van der Waals surface area contributed by atoms with Gasteiger partial charge >= 0.3 is 0 Å². The van der Waals surface area contributed by atoms with Crippen LogP contribution < -0.4 is 0 Å². The van der Waals surface area contributed by atoms with Crippen LogP contribution in [0, 0.1) is 0 Å². The first-order valence-electron chi connectivity index (χ1n) is 7.26. The summed E-state index contributed by atoms with van der Waals surface area (Å²) < 4.78 is 7.19. The van der Waals surface area contributed by atoms with Crippen molar-refractivity contribution in [3.05, 3.63) is 18.0 Å². The molecule has 1 aliphatic heterocycles. The highest BCUT2D eigenvalue weighted by atomic mass is 16.5. The predicted molar refractivity (Wildman–Crippen MR) is 76.4 cm³/mol. The number of methoxy groups -OCH3 is 1. The van der Waals surface area contributed by atoms with E-state index in [0.717, 1.165) is 58.8 Å². The smallest absolute Gasteiger partial charge is 0.0589 e. The van der Waals surface area contributed by atoms with Crippen LogP contribution >= 0.6 is 0 Å². The van der Waals surface area contributed by atoms with Gasteiger partial charge in [0.2, 0.25) is 0 Å². The summed E-state index contributed by atoms with van der Waals surface area (Å²) >= 11 is 0. The topological polar surface area (TPSA) is 33.5 Å². The van der Waals surface area contributed by atoms with E-state index in [1.807, 2.05) is 6.20 Å². The average Bonchev–Trinajstić information content (AvgIpc) is 2.92. The van der Waals surface area contributed by atoms with E-state index in [0.29, 0.717) is 0 Å². The second-order valence-electron chi connectivity index (χ2n) is 5.14. The van der Waals surface area contributed by atoms with Crippen LogP contribution in [0.5, 0.6) is 0 Å². The number of aryl methyl sites for hydroxylation is 1. The lowest BCUT2D eigenvalue weighted by Crippen LogP contribution is -2.47. The van der Waals surface area contributed by atoms with E-state index in [-0.39, 0.29) is 0 Å². The number of hydrogen-bond donors (Lipinski definition) is 0. The Morgan fingerprint density at radius 1 is 1.11 bits per heavy atom. The first-order chi connectivity index (χ1) is 9.31. The zero-order valence-electron chi connectivity index (χ0n) is 12.2. The maximum atomic E-state index is 5.12. The van der Waals surface area contributed by atoms with Crippen LogP contribution in [-0.2, 0) is 17.7 Å². The molecule has 0 spiro atoms. The summed E-state index contributed by atoms with van der Waals surface area (Å²) in [6, 6.07) is 0. The lowest BCUT2D eigenvalue weighted by Gasteiger charge is -2.34. The minimum atomic E-state index is 0.840. The van der Waals surface area contributed by atoms with Crippen molar-refractivity contribution in [3.63, 3.8) is 0 Å². The molecule has 1 aromatic rings. The van der Waals surface area contributed by atoms with Crippen molar-refractivity contribution in [1.29, 1.82) is 0 Å². The Labute approximate surface area is 116 Å². The molecular weight excluding hydrogens is 240 g/mol. The van der Waals surface area contributed by atoms with Crippen LogP contribution in [0.3, 0.4) is 0 Å². The molecular formula is C14H26N4O. The van der Waals surface area contributed by atoms with E-state index in [9.17, 15) is 0 Å². The van der Waals surface area contributed by atoms with Gasteiger partial charge in [-0.3, -0.25) is 14.5 Å². The normalized spacial score (nSPS) is 18.0. The Morgan fingerprint density at radius 2 is 1.79 bits per heavy atom. The molecule has 0 saturated carbocycles. The van der Waals surface area contributed by atoms with Crippen molar-refractivity contribution >= 4 is 0 Å². The number of ether oxygens (including phenoxy) is 1. The Balaban J connectivity index is 1.65. The third kappa shape index (κ3) is 4.60. The van der Waals surface area contributed by atoms with Crippen molar-refractivity contribution in [3.8, 4) is 0 Å². The zero-order valence-corrected chi connectivity index (χ0v) is 12.2. The van der Waals surface area contributed by atoms with Gasteiger partial charge in [0.25, 0.3) is 0 Å². The molecule has 0 aromatic carbocycles. The van der Waals surface area contributed by atoms with Crippen molar-refractivity contribution in [2.24, 2.45) is 0 Å². The van der Waals surface area contributed by atoms with Crippen LogP contribution in [0.15, 0.2) is 12.4 Å². The Morgan fingerprint density at radius 3 is 2.37 bits per heavy atom. The number of hydrogen-bond acceptors (Lipinski definition) is 4. The van der Waals surface area contributed by atoms with Gasteiger partial charge in [-0.2, -0.15) is 5.10 Å². The van der Waals surface area contributed by atoms with E-state index in [4.69, 9.17) is 4.74 Å². The van der Waals surface area contributed by atoms with E-state index in [2.05, 4.69) is 32.7 Å². The SMILES string of the molecule is CCc1cnn(CCN2CCN(CCOC)CC2)c1. The summed E-state index contributed by atoms with van der Waals surface area (Å²) in [7, 11) is 1.77. The number of nitrogens with zero attached hydrogens (tertiary/aromatic N) is 4. The third-order valence-electron chi connectivity index (χ3n) is 3.82. The average molecular weight is 266 g/mol. The van der Waals surface area contributed by atoms with Gasteiger partial charge in [-0.05, 0) is 12.0 Å². The molecule has 1 fully saturated rings. The van der Waals surface area contributed by atoms with Crippen LogP contribution in [-0.4, -0.2) is 72.6 Å². The van der Waals surface area contributed by atoms with Crippen LogP contribution in [0.2, 0.25) is 0 Å². The van der Waals surface area contributed by atoms with Crippen molar-refractivity contribution in [2.75, 3.05) is 53.0 Å². The zero-order chi connectivity index (χ0) is 13.5. The van der Waals surface area contributed by atoms with E-state index < -0.39 is 0 Å². The molecule has 0 N–H and O–H groups in total. The van der Waals surface area contributed by atoms with E-state index in [1.54, 1.807) is 7.11 Å². The highest BCUT2D eigenvalue weighted by Crippen LogP contribution is 2.03. The summed E-state index contributed by atoms with van der Waals surface area (Å²) in [6.45, 7) is 10.8. The molecule has 0 aliphatic carbocycles. The molecule has 2 rings (SSSR count). The van der Waals surface area contributed by atoms with Gasteiger partial charge < -0.3 is 4.74 Å². The molecule has 5 heteroatoms. The van der Waals surface area contributed by atoms with Gasteiger partial charge in [0.15, 0.2) is 0 Å². The van der Waals surface area contributed by atoms with Crippen molar-refractivity contribution in [1.82, 2.24) is 19.6 Å². The molecule has 108 valence electrons. The minimum Gasteiger partial charge on any atom is -0.383 e. The fraction of sp³-hybridized carbons (Fsp3) is 0.786. The largest absolute Gasteiger partial charge is 0.383 e. The molecule has 0 radical (unpaired) electrons. The van der Waals surface area contributed by atoms with Crippen LogP contribution in [0.1, 0.15) is 12.5 Å². The summed E-state index contributed by atoms with van der Waals surface area (Å²) in [4.78, 5) is 5.00. The monoisotopic (exact) mass is 266 g/mol. The summed E-state index contributed by atoms with van der Waals surface area (Å²) in [6.07, 6.45) is 5.20. The first kappa shape index (κ1) is 14.5. The minimum absolute atomic E-state index is 0.840. The van der Waals surface area contributed by atoms with Gasteiger partial charge in [-0.25, -0.2) is 0 Å². The second kappa shape index (κ2) is 7.62. The first-order valence-corrected chi connectivity index (χ1v) is 7.26. The lowest BCUT2D eigenvalue weighted by molar-refractivity contribution is 0.0948. The van der Waals surface area contributed by atoms with Crippen molar-refractivity contribution < 1.29 is 4.74 Å². The molecule has 0 atom stereocenters. The summed E-state index contributed by atoms with van der Waals surface area (Å²) in [5.74, 6) is 0. The number of piperazine rings is 1. The quantitative estimate of drug-likeness (QED) is 0.728. The number of aromatic nitrogens is 2. The Kier molecular flexibility index (Phi) is 5.82. The van der Waals surface area contributed by atoms with Gasteiger partial charge in [-0.15, -0.1) is 0 Å². The maximum Gasteiger partial charge on any atom is 0.0589 e. The predicted octanol–water partition coefficient (Wildman–Crippen LogP) is 0.710. The van der Waals surface area contributed by atoms with Crippen LogP contribution in [0.4, 0.5) is 0 Å². The molecule has 19 heavy (non-hydrogen) atoms. The van der Waals surface area contributed by atoms with E-state index in [1.165, 1.54) is 5.56 Å². The summed E-state index contributed by atoms with van der Waals surface area (Å²) in [5.41, 5.74) is 1.32.